The van der Waals surface area contributed by atoms with Gasteiger partial charge in [0.2, 0.25) is 0 Å². The van der Waals surface area contributed by atoms with Crippen molar-refractivity contribution in [2.45, 2.75) is 18.3 Å². The van der Waals surface area contributed by atoms with Crippen molar-refractivity contribution in [3.63, 3.8) is 0 Å². The Kier molecular flexibility index (Phi) is 2.01. The number of benzene rings is 2. The van der Waals surface area contributed by atoms with Crippen LogP contribution in [0.3, 0.4) is 0 Å². The Morgan fingerprint density at radius 2 is 2.00 bits per heavy atom. The first-order valence-electron chi connectivity index (χ1n) is 5.55. The summed E-state index contributed by atoms with van der Waals surface area (Å²) in [4.78, 5) is 0. The molecule has 0 amide bonds. The van der Waals surface area contributed by atoms with E-state index in [2.05, 4.69) is 0 Å². The van der Waals surface area contributed by atoms with E-state index in [1.807, 2.05) is 24.3 Å². The fraction of sp³-hybridized carbons (Fsp3) is 0.286. The van der Waals surface area contributed by atoms with Crippen molar-refractivity contribution in [2.75, 3.05) is 6.61 Å². The smallest absolute Gasteiger partial charge is 0.131 e. The second kappa shape index (κ2) is 3.29. The Labute approximate surface area is 93.5 Å². The quantitative estimate of drug-likeness (QED) is 0.818. The second-order valence-corrected chi connectivity index (χ2v) is 4.61. The van der Waals surface area contributed by atoms with Gasteiger partial charge in [0, 0.05) is 10.8 Å². The highest BCUT2D eigenvalue weighted by Gasteiger charge is 2.43. The molecule has 0 aromatic heterocycles. The molecule has 0 atom stereocenters. The molecule has 1 saturated carbocycles. The molecule has 3 rings (SSSR count). The SMILES string of the molecule is OCC1(c2ccc3c(F)cccc3c2)CC1. The molecule has 0 bridgehead atoms. The minimum atomic E-state index is -0.183. The lowest BCUT2D eigenvalue weighted by Crippen LogP contribution is -2.11. The van der Waals surface area contributed by atoms with Gasteiger partial charge in [-0.2, -0.15) is 0 Å². The zero-order valence-electron chi connectivity index (χ0n) is 8.91. The van der Waals surface area contributed by atoms with E-state index < -0.39 is 0 Å². The zero-order valence-corrected chi connectivity index (χ0v) is 8.91. The van der Waals surface area contributed by atoms with E-state index in [0.29, 0.717) is 5.39 Å². The maximum Gasteiger partial charge on any atom is 0.131 e. The molecule has 0 heterocycles. The van der Waals surface area contributed by atoms with Crippen LogP contribution in [0.4, 0.5) is 4.39 Å². The minimum Gasteiger partial charge on any atom is -0.395 e. The van der Waals surface area contributed by atoms with Gasteiger partial charge in [0.05, 0.1) is 6.61 Å². The van der Waals surface area contributed by atoms with Crippen LogP contribution in [0.2, 0.25) is 0 Å². The first kappa shape index (κ1) is 9.79. The van der Waals surface area contributed by atoms with E-state index >= 15 is 0 Å². The van der Waals surface area contributed by atoms with E-state index in [9.17, 15) is 9.50 Å². The van der Waals surface area contributed by atoms with Crippen LogP contribution in [0.25, 0.3) is 10.8 Å². The van der Waals surface area contributed by atoms with Crippen molar-refractivity contribution in [1.82, 2.24) is 0 Å². The Balaban J connectivity index is 2.17. The van der Waals surface area contributed by atoms with Crippen LogP contribution in [0.15, 0.2) is 36.4 Å². The summed E-state index contributed by atoms with van der Waals surface area (Å²) in [5.41, 5.74) is 1.09. The fourth-order valence-corrected chi connectivity index (χ4v) is 2.26. The summed E-state index contributed by atoms with van der Waals surface area (Å²) in [5, 5.41) is 10.9. The lowest BCUT2D eigenvalue weighted by Gasteiger charge is -2.13. The van der Waals surface area contributed by atoms with Crippen LogP contribution in [-0.2, 0) is 5.41 Å². The zero-order chi connectivity index (χ0) is 11.2. The van der Waals surface area contributed by atoms with Crippen molar-refractivity contribution < 1.29 is 9.50 Å². The van der Waals surface area contributed by atoms with E-state index in [4.69, 9.17) is 0 Å². The summed E-state index contributed by atoms with van der Waals surface area (Å²) in [6, 6.07) is 10.9. The third-order valence-electron chi connectivity index (χ3n) is 3.60. The van der Waals surface area contributed by atoms with Gasteiger partial charge in [0.1, 0.15) is 5.82 Å². The van der Waals surface area contributed by atoms with Gasteiger partial charge in [-0.05, 0) is 29.9 Å². The van der Waals surface area contributed by atoms with Gasteiger partial charge in [-0.15, -0.1) is 0 Å². The predicted octanol–water partition coefficient (Wildman–Crippen LogP) is 3.00. The Bertz CT molecular complexity index is 543. The molecule has 82 valence electrons. The Morgan fingerprint density at radius 1 is 1.19 bits per heavy atom. The Morgan fingerprint density at radius 3 is 2.69 bits per heavy atom. The van der Waals surface area contributed by atoms with E-state index in [-0.39, 0.29) is 17.8 Å². The van der Waals surface area contributed by atoms with Crippen molar-refractivity contribution >= 4 is 10.8 Å². The van der Waals surface area contributed by atoms with E-state index in [0.717, 1.165) is 23.8 Å². The fourth-order valence-electron chi connectivity index (χ4n) is 2.26. The molecule has 0 aliphatic heterocycles. The van der Waals surface area contributed by atoms with Crippen LogP contribution in [0.1, 0.15) is 18.4 Å². The van der Waals surface area contributed by atoms with Crippen LogP contribution < -0.4 is 0 Å². The number of aliphatic hydroxyl groups is 1. The van der Waals surface area contributed by atoms with Gasteiger partial charge in [0.15, 0.2) is 0 Å². The standard InChI is InChI=1S/C14H13FO/c15-13-3-1-2-10-8-11(4-5-12(10)13)14(9-16)6-7-14/h1-5,8,16H,6-7,9H2. The molecule has 16 heavy (non-hydrogen) atoms. The number of aliphatic hydroxyl groups excluding tert-OH is 1. The van der Waals surface area contributed by atoms with Crippen molar-refractivity contribution in [3.8, 4) is 0 Å². The largest absolute Gasteiger partial charge is 0.395 e. The summed E-state index contributed by atoms with van der Waals surface area (Å²) in [6.45, 7) is 0.188. The van der Waals surface area contributed by atoms with Crippen LogP contribution >= 0.6 is 0 Å². The first-order valence-corrected chi connectivity index (χ1v) is 5.55. The molecule has 0 unspecified atom stereocenters. The van der Waals surface area contributed by atoms with Crippen molar-refractivity contribution in [1.29, 1.82) is 0 Å². The third kappa shape index (κ3) is 1.34. The molecule has 2 aromatic carbocycles. The second-order valence-electron chi connectivity index (χ2n) is 4.61. The molecule has 2 aromatic rings. The van der Waals surface area contributed by atoms with Gasteiger partial charge in [-0.3, -0.25) is 0 Å². The maximum atomic E-state index is 13.5. The molecule has 0 radical (unpaired) electrons. The van der Waals surface area contributed by atoms with E-state index in [1.54, 1.807) is 6.07 Å². The molecule has 1 N–H and O–H groups in total. The van der Waals surface area contributed by atoms with E-state index in [1.165, 1.54) is 6.07 Å². The van der Waals surface area contributed by atoms with Gasteiger partial charge in [-0.25, -0.2) is 4.39 Å². The van der Waals surface area contributed by atoms with Crippen LogP contribution in [0.5, 0.6) is 0 Å². The van der Waals surface area contributed by atoms with Gasteiger partial charge in [0.25, 0.3) is 0 Å². The van der Waals surface area contributed by atoms with Gasteiger partial charge >= 0.3 is 0 Å². The highest BCUT2D eigenvalue weighted by Crippen LogP contribution is 2.48. The highest BCUT2D eigenvalue weighted by atomic mass is 19.1. The van der Waals surface area contributed by atoms with Crippen molar-refractivity contribution in [2.24, 2.45) is 0 Å². The number of hydrogen-bond donors (Lipinski definition) is 1. The van der Waals surface area contributed by atoms with Gasteiger partial charge in [-0.1, -0.05) is 30.3 Å². The molecular weight excluding hydrogens is 203 g/mol. The molecule has 1 aliphatic rings. The summed E-state index contributed by atoms with van der Waals surface area (Å²) >= 11 is 0. The summed E-state index contributed by atoms with van der Waals surface area (Å²) in [5.74, 6) is -0.183. The molecule has 0 saturated heterocycles. The molecule has 1 fully saturated rings. The third-order valence-corrected chi connectivity index (χ3v) is 3.60. The molecule has 1 nitrogen and oxygen atoms in total. The number of hydrogen-bond acceptors (Lipinski definition) is 1. The number of rotatable bonds is 2. The lowest BCUT2D eigenvalue weighted by atomic mass is 9.94. The first-order chi connectivity index (χ1) is 7.75. The minimum absolute atomic E-state index is 0.0412. The average molecular weight is 216 g/mol. The summed E-state index contributed by atoms with van der Waals surface area (Å²) < 4.78 is 13.5. The number of halogens is 1. The predicted molar refractivity (Wildman–Crippen MR) is 61.9 cm³/mol. The molecule has 1 aliphatic carbocycles. The Hall–Kier alpha value is -1.41. The highest BCUT2D eigenvalue weighted by molar-refractivity contribution is 5.84. The molecule has 2 heteroatoms. The summed E-state index contributed by atoms with van der Waals surface area (Å²) in [6.07, 6.45) is 2.06. The maximum absolute atomic E-state index is 13.5. The summed E-state index contributed by atoms with van der Waals surface area (Å²) in [7, 11) is 0. The van der Waals surface area contributed by atoms with Crippen molar-refractivity contribution in [3.05, 3.63) is 47.8 Å². The van der Waals surface area contributed by atoms with Crippen LogP contribution in [-0.4, -0.2) is 11.7 Å². The lowest BCUT2D eigenvalue weighted by molar-refractivity contribution is 0.255. The average Bonchev–Trinajstić information content (AvgIpc) is 3.10. The topological polar surface area (TPSA) is 20.2 Å². The number of fused-ring (bicyclic) bond motifs is 1. The molecule has 0 spiro atoms. The van der Waals surface area contributed by atoms with Gasteiger partial charge < -0.3 is 5.11 Å². The van der Waals surface area contributed by atoms with Crippen LogP contribution in [0, 0.1) is 5.82 Å². The molecular formula is C14H13FO. The normalized spacial score (nSPS) is 17.6. The monoisotopic (exact) mass is 216 g/mol.